The summed E-state index contributed by atoms with van der Waals surface area (Å²) in [5, 5.41) is 9.21. The molecule has 3 aliphatic rings. The fourth-order valence-corrected chi connectivity index (χ4v) is 3.82. The van der Waals surface area contributed by atoms with Gasteiger partial charge < -0.3 is 9.47 Å². The maximum Gasteiger partial charge on any atom is 0.327 e. The third-order valence-corrected chi connectivity index (χ3v) is 4.83. The van der Waals surface area contributed by atoms with E-state index in [-0.39, 0.29) is 17.3 Å². The Bertz CT molecular complexity index is 529. The molecule has 0 amide bonds. The van der Waals surface area contributed by atoms with Gasteiger partial charge >= 0.3 is 11.9 Å². The van der Waals surface area contributed by atoms with E-state index in [9.17, 15) is 14.9 Å². The number of nitriles is 1. The molecule has 5 heteroatoms. The third-order valence-electron chi connectivity index (χ3n) is 4.83. The quantitative estimate of drug-likeness (QED) is 0.669. The van der Waals surface area contributed by atoms with Crippen LogP contribution in [-0.4, -0.2) is 24.1 Å². The summed E-state index contributed by atoms with van der Waals surface area (Å²) >= 11 is 0. The lowest BCUT2D eigenvalue weighted by Gasteiger charge is -2.65. The number of carbonyl (C=O) groups is 2. The van der Waals surface area contributed by atoms with Gasteiger partial charge in [-0.3, -0.25) is 9.59 Å². The highest BCUT2D eigenvalue weighted by molar-refractivity contribution is 5.87. The Labute approximate surface area is 111 Å². The van der Waals surface area contributed by atoms with E-state index in [1.165, 1.54) is 0 Å². The van der Waals surface area contributed by atoms with E-state index in [1.807, 2.05) is 6.92 Å². The second-order valence-electron chi connectivity index (χ2n) is 7.19. The largest absolute Gasteiger partial charge is 0.457 e. The monoisotopic (exact) mass is 263 g/mol. The maximum atomic E-state index is 12.0. The van der Waals surface area contributed by atoms with Gasteiger partial charge in [0.2, 0.25) is 0 Å². The van der Waals surface area contributed by atoms with Crippen LogP contribution >= 0.6 is 0 Å². The molecule has 3 fully saturated rings. The Morgan fingerprint density at radius 1 is 1.53 bits per heavy atom. The summed E-state index contributed by atoms with van der Waals surface area (Å²) < 4.78 is 10.8. The molecule has 0 spiro atoms. The van der Waals surface area contributed by atoms with Crippen molar-refractivity contribution in [2.24, 2.45) is 22.2 Å². The first-order chi connectivity index (χ1) is 8.67. The van der Waals surface area contributed by atoms with E-state index < -0.39 is 29.0 Å². The molecule has 5 atom stereocenters. The molecule has 4 unspecified atom stereocenters. The minimum Gasteiger partial charge on any atom is -0.457 e. The van der Waals surface area contributed by atoms with Crippen LogP contribution in [0.25, 0.3) is 0 Å². The third kappa shape index (κ3) is 1.20. The van der Waals surface area contributed by atoms with Crippen molar-refractivity contribution in [1.82, 2.24) is 0 Å². The van der Waals surface area contributed by atoms with Gasteiger partial charge in [-0.2, -0.15) is 5.26 Å². The summed E-state index contributed by atoms with van der Waals surface area (Å²) in [6, 6.07) is 2.10. The molecule has 1 heterocycles. The molecule has 0 bridgehead atoms. The molecule has 19 heavy (non-hydrogen) atoms. The molecule has 0 N–H and O–H groups in total. The van der Waals surface area contributed by atoms with E-state index in [0.717, 1.165) is 0 Å². The van der Waals surface area contributed by atoms with Gasteiger partial charge in [-0.15, -0.1) is 0 Å². The number of nitrogens with zero attached hydrogens (tertiary/aromatic N) is 1. The highest BCUT2D eigenvalue weighted by Crippen LogP contribution is 2.75. The first kappa shape index (κ1) is 12.5. The smallest absolute Gasteiger partial charge is 0.327 e. The second-order valence-corrected chi connectivity index (χ2v) is 7.19. The van der Waals surface area contributed by atoms with Crippen molar-refractivity contribution in [3.05, 3.63) is 0 Å². The summed E-state index contributed by atoms with van der Waals surface area (Å²) in [5.41, 5.74) is -1.85. The fraction of sp³-hybridized carbons (Fsp3) is 0.786. The molecule has 2 saturated carbocycles. The lowest BCUT2D eigenvalue weighted by molar-refractivity contribution is -0.269. The Kier molecular flexibility index (Phi) is 2.04. The van der Waals surface area contributed by atoms with E-state index >= 15 is 0 Å². The maximum absolute atomic E-state index is 12.0. The predicted molar refractivity (Wildman–Crippen MR) is 63.5 cm³/mol. The van der Waals surface area contributed by atoms with Crippen LogP contribution in [0.4, 0.5) is 0 Å². The van der Waals surface area contributed by atoms with Crippen LogP contribution in [0.3, 0.4) is 0 Å². The molecular formula is C14H17NO4. The normalized spacial score (nSPS) is 46.3. The SMILES string of the molecule is CC(C)(C)C(=O)O[C@@H]1C2OC(=O)C3(C#N)CC1(C)C23. The van der Waals surface area contributed by atoms with E-state index in [2.05, 4.69) is 6.07 Å². The lowest BCUT2D eigenvalue weighted by atomic mass is 9.36. The van der Waals surface area contributed by atoms with Gasteiger partial charge in [-0.25, -0.2) is 0 Å². The number of rotatable bonds is 1. The van der Waals surface area contributed by atoms with Crippen LogP contribution in [0, 0.1) is 33.5 Å². The van der Waals surface area contributed by atoms with Gasteiger partial charge in [-0.05, 0) is 27.2 Å². The van der Waals surface area contributed by atoms with Crippen molar-refractivity contribution < 1.29 is 19.1 Å². The van der Waals surface area contributed by atoms with E-state index in [1.54, 1.807) is 20.8 Å². The Hall–Kier alpha value is -1.57. The van der Waals surface area contributed by atoms with Gasteiger partial charge in [0.05, 0.1) is 11.5 Å². The molecule has 1 aliphatic heterocycles. The van der Waals surface area contributed by atoms with Crippen molar-refractivity contribution in [2.45, 2.75) is 46.3 Å². The van der Waals surface area contributed by atoms with Gasteiger partial charge in [0, 0.05) is 11.3 Å². The molecule has 0 aromatic carbocycles. The molecule has 3 rings (SSSR count). The number of carbonyl (C=O) groups excluding carboxylic acids is 2. The van der Waals surface area contributed by atoms with Crippen molar-refractivity contribution in [3.8, 4) is 6.07 Å². The van der Waals surface area contributed by atoms with Gasteiger partial charge in [0.25, 0.3) is 0 Å². The summed E-state index contributed by atoms with van der Waals surface area (Å²) in [6.45, 7) is 7.32. The average Bonchev–Trinajstić information content (AvgIpc) is 2.45. The number of hydrogen-bond donors (Lipinski definition) is 0. The van der Waals surface area contributed by atoms with Crippen molar-refractivity contribution >= 4 is 11.9 Å². The number of hydrogen-bond acceptors (Lipinski definition) is 5. The highest BCUT2D eigenvalue weighted by atomic mass is 16.6. The van der Waals surface area contributed by atoms with Crippen LogP contribution in [0.5, 0.6) is 0 Å². The minimum absolute atomic E-state index is 0.115. The topological polar surface area (TPSA) is 76.4 Å². The molecule has 1 saturated heterocycles. The van der Waals surface area contributed by atoms with Gasteiger partial charge in [0.15, 0.2) is 5.41 Å². The second kappa shape index (κ2) is 3.12. The zero-order valence-electron chi connectivity index (χ0n) is 11.5. The van der Waals surface area contributed by atoms with Crippen LogP contribution in [0.1, 0.15) is 34.1 Å². The average molecular weight is 263 g/mol. The van der Waals surface area contributed by atoms with Gasteiger partial charge in [0.1, 0.15) is 12.2 Å². The van der Waals surface area contributed by atoms with E-state index in [0.29, 0.717) is 6.42 Å². The molecular weight excluding hydrogens is 246 g/mol. The number of esters is 2. The zero-order valence-corrected chi connectivity index (χ0v) is 11.5. The first-order valence-electron chi connectivity index (χ1n) is 6.50. The Morgan fingerprint density at radius 2 is 2.16 bits per heavy atom. The molecule has 5 nitrogen and oxygen atoms in total. The highest BCUT2D eigenvalue weighted by Gasteiger charge is 2.85. The van der Waals surface area contributed by atoms with Gasteiger partial charge in [-0.1, -0.05) is 6.92 Å². The first-order valence-corrected chi connectivity index (χ1v) is 6.50. The zero-order chi connectivity index (χ0) is 14.2. The summed E-state index contributed by atoms with van der Waals surface area (Å²) in [7, 11) is 0. The number of ether oxygens (including phenoxy) is 2. The van der Waals surface area contributed by atoms with E-state index in [4.69, 9.17) is 9.47 Å². The summed E-state index contributed by atoms with van der Waals surface area (Å²) in [6.07, 6.45) is -0.409. The fourth-order valence-electron chi connectivity index (χ4n) is 3.82. The van der Waals surface area contributed by atoms with Crippen LogP contribution in [0.2, 0.25) is 0 Å². The Balaban J connectivity index is 1.82. The molecule has 0 aromatic heterocycles. The van der Waals surface area contributed by atoms with Crippen LogP contribution < -0.4 is 0 Å². The van der Waals surface area contributed by atoms with Crippen LogP contribution in [0.15, 0.2) is 0 Å². The lowest BCUT2D eigenvalue weighted by Crippen LogP contribution is -2.74. The van der Waals surface area contributed by atoms with Crippen molar-refractivity contribution in [3.63, 3.8) is 0 Å². The van der Waals surface area contributed by atoms with Crippen molar-refractivity contribution in [1.29, 1.82) is 5.26 Å². The minimum atomic E-state index is -0.982. The summed E-state index contributed by atoms with van der Waals surface area (Å²) in [5.74, 6) is -0.860. The predicted octanol–water partition coefficient (Wildman–Crippen LogP) is 1.42. The van der Waals surface area contributed by atoms with Crippen molar-refractivity contribution in [2.75, 3.05) is 0 Å². The van der Waals surface area contributed by atoms with Crippen LogP contribution in [-0.2, 0) is 19.1 Å². The standard InChI is InChI=1S/C14H17NO4/c1-12(2,3)10(16)19-9-7-8-13(9,4)5-14(8,6-15)11(17)18-7/h7-9H,5H2,1-4H3/t7?,8?,9-,13?,14?/m1/s1. The molecule has 0 aromatic rings. The summed E-state index contributed by atoms with van der Waals surface area (Å²) in [4.78, 5) is 23.8. The Morgan fingerprint density at radius 3 is 2.68 bits per heavy atom. The molecule has 0 radical (unpaired) electrons. The molecule has 2 aliphatic carbocycles. The molecule has 102 valence electrons.